The molecule has 7 heteroatoms. The minimum absolute atomic E-state index is 0.111. The molecule has 0 saturated carbocycles. The lowest BCUT2D eigenvalue weighted by atomic mass is 10.0. The third kappa shape index (κ3) is 4.13. The van der Waals surface area contributed by atoms with Crippen molar-refractivity contribution in [3.05, 3.63) is 39.9 Å². The quantitative estimate of drug-likeness (QED) is 0.781. The van der Waals surface area contributed by atoms with E-state index in [4.69, 9.17) is 5.11 Å². The molecular weight excluding hydrogens is 314 g/mol. The second-order valence-electron chi connectivity index (χ2n) is 4.34. The summed E-state index contributed by atoms with van der Waals surface area (Å²) in [6.45, 7) is 0.489. The number of aliphatic hydroxyl groups excluding tert-OH is 1. The molecule has 1 unspecified atom stereocenters. The molecule has 110 valence electrons. The third-order valence-corrected chi connectivity index (χ3v) is 6.86. The van der Waals surface area contributed by atoms with Crippen molar-refractivity contribution in [1.82, 2.24) is 4.72 Å². The Hall–Kier alpha value is -0.730. The first-order chi connectivity index (χ1) is 9.63. The van der Waals surface area contributed by atoms with E-state index in [1.54, 1.807) is 28.8 Å². The topological polar surface area (TPSA) is 66.4 Å². The summed E-state index contributed by atoms with van der Waals surface area (Å²) in [4.78, 5) is 1.19. The van der Waals surface area contributed by atoms with Gasteiger partial charge in [-0.1, -0.05) is 12.1 Å². The lowest BCUT2D eigenvalue weighted by molar-refractivity contribution is 0.273. The summed E-state index contributed by atoms with van der Waals surface area (Å²) in [5, 5.41) is 12.9. The number of thiophene rings is 2. The standard InChI is InChI=1S/C13H17NO3S3/c15-8-6-11(12-3-1-9-18-12)5-7-14-20(16,17)13-4-2-10-19-13/h1-4,9-11,14-15H,5-8H2. The zero-order chi connectivity index (χ0) is 14.4. The fourth-order valence-electron chi connectivity index (χ4n) is 1.96. The van der Waals surface area contributed by atoms with Gasteiger partial charge in [0.2, 0.25) is 10.0 Å². The van der Waals surface area contributed by atoms with Crippen LogP contribution in [0.5, 0.6) is 0 Å². The second-order valence-corrected chi connectivity index (χ2v) is 8.26. The highest BCUT2D eigenvalue weighted by Gasteiger charge is 2.17. The van der Waals surface area contributed by atoms with Gasteiger partial charge in [0, 0.05) is 18.0 Å². The van der Waals surface area contributed by atoms with Crippen LogP contribution in [-0.4, -0.2) is 26.7 Å². The first kappa shape index (κ1) is 15.7. The van der Waals surface area contributed by atoms with Gasteiger partial charge in [0.1, 0.15) is 4.21 Å². The molecule has 0 aliphatic carbocycles. The molecule has 0 saturated heterocycles. The van der Waals surface area contributed by atoms with Crippen molar-refractivity contribution in [2.45, 2.75) is 23.0 Å². The van der Waals surface area contributed by atoms with E-state index in [1.807, 2.05) is 17.5 Å². The Bertz CT molecular complexity index is 591. The average molecular weight is 331 g/mol. The first-order valence-corrected chi connectivity index (χ1v) is 9.55. The summed E-state index contributed by atoms with van der Waals surface area (Å²) >= 11 is 2.85. The van der Waals surface area contributed by atoms with Crippen LogP contribution in [-0.2, 0) is 10.0 Å². The molecule has 0 aliphatic rings. The second kappa shape index (κ2) is 7.33. The molecule has 2 aromatic rings. The molecule has 2 heterocycles. The minimum atomic E-state index is -3.39. The Kier molecular flexibility index (Phi) is 5.74. The van der Waals surface area contributed by atoms with E-state index < -0.39 is 10.0 Å². The Morgan fingerprint density at radius 1 is 1.15 bits per heavy atom. The Labute approximate surface area is 127 Å². The number of sulfonamides is 1. The maximum Gasteiger partial charge on any atom is 0.250 e. The first-order valence-electron chi connectivity index (χ1n) is 6.31. The molecule has 2 aromatic heterocycles. The molecule has 0 bridgehead atoms. The van der Waals surface area contributed by atoms with Crippen molar-refractivity contribution < 1.29 is 13.5 Å². The summed E-state index contributed by atoms with van der Waals surface area (Å²) in [5.41, 5.74) is 0. The lowest BCUT2D eigenvalue weighted by Crippen LogP contribution is -2.25. The van der Waals surface area contributed by atoms with Gasteiger partial charge >= 0.3 is 0 Å². The SMILES string of the molecule is O=S(=O)(NCCC(CCO)c1cccs1)c1cccs1. The van der Waals surface area contributed by atoms with Gasteiger partial charge in [0.15, 0.2) is 0 Å². The molecule has 0 aromatic carbocycles. The molecule has 4 nitrogen and oxygen atoms in total. The maximum absolute atomic E-state index is 12.0. The van der Waals surface area contributed by atoms with Gasteiger partial charge in [-0.2, -0.15) is 0 Å². The largest absolute Gasteiger partial charge is 0.396 e. The highest BCUT2D eigenvalue weighted by atomic mass is 32.2. The Morgan fingerprint density at radius 3 is 2.50 bits per heavy atom. The minimum Gasteiger partial charge on any atom is -0.396 e. The van der Waals surface area contributed by atoms with Crippen LogP contribution < -0.4 is 4.72 Å². The molecule has 0 amide bonds. The summed E-state index contributed by atoms with van der Waals surface area (Å²) in [6, 6.07) is 7.32. The number of hydrogen-bond donors (Lipinski definition) is 2. The predicted molar refractivity (Wildman–Crippen MR) is 82.9 cm³/mol. The van der Waals surface area contributed by atoms with Gasteiger partial charge in [0.25, 0.3) is 0 Å². The summed E-state index contributed by atoms with van der Waals surface area (Å²) in [7, 11) is -3.39. The highest BCUT2D eigenvalue weighted by Crippen LogP contribution is 2.27. The predicted octanol–water partition coefficient (Wildman–Crippen LogP) is 2.64. The van der Waals surface area contributed by atoms with Crippen LogP contribution in [0, 0.1) is 0 Å². The van der Waals surface area contributed by atoms with Crippen molar-refractivity contribution in [2.24, 2.45) is 0 Å². The van der Waals surface area contributed by atoms with Gasteiger partial charge in [-0.15, -0.1) is 22.7 Å². The number of rotatable bonds is 8. The number of hydrogen-bond acceptors (Lipinski definition) is 5. The van der Waals surface area contributed by atoms with Crippen molar-refractivity contribution in [3.63, 3.8) is 0 Å². The molecule has 0 aliphatic heterocycles. The van der Waals surface area contributed by atoms with Crippen molar-refractivity contribution in [2.75, 3.05) is 13.2 Å². The normalized spacial score (nSPS) is 13.4. The Morgan fingerprint density at radius 2 is 1.90 bits per heavy atom. The van der Waals surface area contributed by atoms with E-state index in [2.05, 4.69) is 4.72 Å². The molecule has 0 fully saturated rings. The van der Waals surface area contributed by atoms with E-state index in [9.17, 15) is 8.42 Å². The van der Waals surface area contributed by atoms with E-state index in [-0.39, 0.29) is 12.5 Å². The van der Waals surface area contributed by atoms with E-state index in [0.29, 0.717) is 23.6 Å². The average Bonchev–Trinajstić information content (AvgIpc) is 3.11. The van der Waals surface area contributed by atoms with Crippen LogP contribution in [0.15, 0.2) is 39.2 Å². The number of aliphatic hydroxyl groups is 1. The molecule has 0 spiro atoms. The van der Waals surface area contributed by atoms with Gasteiger partial charge in [-0.25, -0.2) is 13.1 Å². The molecule has 2 rings (SSSR count). The Balaban J connectivity index is 1.91. The maximum atomic E-state index is 12.0. The summed E-state index contributed by atoms with van der Waals surface area (Å²) in [6.07, 6.45) is 1.34. The van der Waals surface area contributed by atoms with Crippen molar-refractivity contribution in [1.29, 1.82) is 0 Å². The molecule has 20 heavy (non-hydrogen) atoms. The van der Waals surface area contributed by atoms with Crippen LogP contribution in [0.1, 0.15) is 23.6 Å². The zero-order valence-electron chi connectivity index (χ0n) is 10.9. The van der Waals surface area contributed by atoms with E-state index >= 15 is 0 Å². The zero-order valence-corrected chi connectivity index (χ0v) is 13.3. The fraction of sp³-hybridized carbons (Fsp3) is 0.385. The van der Waals surface area contributed by atoms with E-state index in [0.717, 1.165) is 0 Å². The molecule has 0 radical (unpaired) electrons. The third-order valence-electron chi connectivity index (χ3n) is 2.97. The highest BCUT2D eigenvalue weighted by molar-refractivity contribution is 7.91. The van der Waals surface area contributed by atoms with Gasteiger partial charge in [0.05, 0.1) is 0 Å². The van der Waals surface area contributed by atoms with Crippen LogP contribution in [0.4, 0.5) is 0 Å². The van der Waals surface area contributed by atoms with Crippen LogP contribution >= 0.6 is 22.7 Å². The monoisotopic (exact) mass is 331 g/mol. The van der Waals surface area contributed by atoms with Crippen LogP contribution in [0.2, 0.25) is 0 Å². The van der Waals surface area contributed by atoms with Crippen LogP contribution in [0.25, 0.3) is 0 Å². The fourth-order valence-corrected chi connectivity index (χ4v) is 4.95. The lowest BCUT2D eigenvalue weighted by Gasteiger charge is -2.14. The van der Waals surface area contributed by atoms with Crippen LogP contribution in [0.3, 0.4) is 0 Å². The van der Waals surface area contributed by atoms with Crippen molar-refractivity contribution >= 4 is 32.7 Å². The number of nitrogens with one attached hydrogen (secondary N) is 1. The molecule has 1 atom stereocenters. The van der Waals surface area contributed by atoms with Gasteiger partial charge in [-0.3, -0.25) is 0 Å². The summed E-state index contributed by atoms with van der Waals surface area (Å²) in [5.74, 6) is 0.200. The summed E-state index contributed by atoms with van der Waals surface area (Å²) < 4.78 is 26.9. The van der Waals surface area contributed by atoms with Gasteiger partial charge in [-0.05, 0) is 41.7 Å². The molecular formula is C13H17NO3S3. The van der Waals surface area contributed by atoms with E-state index in [1.165, 1.54) is 16.2 Å². The molecule has 2 N–H and O–H groups in total. The van der Waals surface area contributed by atoms with Crippen molar-refractivity contribution in [3.8, 4) is 0 Å². The smallest absolute Gasteiger partial charge is 0.250 e. The van der Waals surface area contributed by atoms with Gasteiger partial charge < -0.3 is 5.11 Å².